The van der Waals surface area contributed by atoms with Crippen molar-refractivity contribution in [3.8, 4) is 0 Å². The number of hydrogen-bond donors (Lipinski definition) is 0. The highest BCUT2D eigenvalue weighted by Gasteiger charge is 2.40. The van der Waals surface area contributed by atoms with Gasteiger partial charge in [-0.2, -0.15) is 0 Å². The van der Waals surface area contributed by atoms with E-state index in [-0.39, 0.29) is 11.5 Å². The van der Waals surface area contributed by atoms with Crippen LogP contribution in [-0.4, -0.2) is 24.1 Å². The van der Waals surface area contributed by atoms with Gasteiger partial charge in [0.05, 0.1) is 0 Å². The molecule has 0 radical (unpaired) electrons. The molecule has 0 N–H and O–H groups in total. The standard InChI is InChI=1S/C16H23NO2/c1-4-14-10-17(12-16(14,2)3)15(18)19-11-13-8-6-5-7-9-13/h5-9,14H,4,10-12H2,1-3H3. The maximum Gasteiger partial charge on any atom is 0.410 e. The van der Waals surface area contributed by atoms with E-state index in [9.17, 15) is 4.79 Å². The van der Waals surface area contributed by atoms with E-state index in [1.165, 1.54) is 0 Å². The second-order valence-corrected chi connectivity index (χ2v) is 6.01. The highest BCUT2D eigenvalue weighted by atomic mass is 16.6. The molecule has 1 saturated heterocycles. The predicted octanol–water partition coefficient (Wildman–Crippen LogP) is 3.69. The lowest BCUT2D eigenvalue weighted by Crippen LogP contribution is -2.30. The minimum Gasteiger partial charge on any atom is -0.445 e. The van der Waals surface area contributed by atoms with Gasteiger partial charge in [0.1, 0.15) is 6.61 Å². The first-order valence-electron chi connectivity index (χ1n) is 6.98. The molecule has 1 unspecified atom stereocenters. The average molecular weight is 261 g/mol. The number of nitrogens with zero attached hydrogens (tertiary/aromatic N) is 1. The fraction of sp³-hybridized carbons (Fsp3) is 0.562. The summed E-state index contributed by atoms with van der Waals surface area (Å²) in [6.07, 6.45) is 0.919. The van der Waals surface area contributed by atoms with Gasteiger partial charge in [0.15, 0.2) is 0 Å². The van der Waals surface area contributed by atoms with E-state index in [2.05, 4.69) is 20.8 Å². The molecule has 0 spiro atoms. The molecular formula is C16H23NO2. The Morgan fingerprint density at radius 1 is 1.37 bits per heavy atom. The Bertz CT molecular complexity index is 428. The summed E-state index contributed by atoms with van der Waals surface area (Å²) in [5, 5.41) is 0. The third-order valence-corrected chi connectivity index (χ3v) is 4.10. The maximum absolute atomic E-state index is 12.1. The minimum absolute atomic E-state index is 0.187. The summed E-state index contributed by atoms with van der Waals surface area (Å²) in [6.45, 7) is 8.60. The Balaban J connectivity index is 1.88. The predicted molar refractivity (Wildman–Crippen MR) is 75.8 cm³/mol. The highest BCUT2D eigenvalue weighted by Crippen LogP contribution is 2.37. The van der Waals surface area contributed by atoms with Crippen molar-refractivity contribution in [1.82, 2.24) is 4.90 Å². The Hall–Kier alpha value is -1.51. The van der Waals surface area contributed by atoms with Gasteiger partial charge < -0.3 is 9.64 Å². The number of rotatable bonds is 3. The van der Waals surface area contributed by atoms with Crippen LogP contribution in [0.3, 0.4) is 0 Å². The maximum atomic E-state index is 12.1. The quantitative estimate of drug-likeness (QED) is 0.830. The third kappa shape index (κ3) is 3.28. The van der Waals surface area contributed by atoms with E-state index < -0.39 is 0 Å². The summed E-state index contributed by atoms with van der Waals surface area (Å²) in [5.74, 6) is 0.566. The average Bonchev–Trinajstić information content (AvgIpc) is 2.72. The number of ether oxygens (including phenoxy) is 1. The minimum atomic E-state index is -0.187. The van der Waals surface area contributed by atoms with Crippen molar-refractivity contribution in [3.05, 3.63) is 35.9 Å². The number of likely N-dealkylation sites (tertiary alicyclic amines) is 1. The molecular weight excluding hydrogens is 238 g/mol. The summed E-state index contributed by atoms with van der Waals surface area (Å²) in [4.78, 5) is 13.9. The third-order valence-electron chi connectivity index (χ3n) is 4.10. The monoisotopic (exact) mass is 261 g/mol. The molecule has 1 amide bonds. The first-order valence-corrected chi connectivity index (χ1v) is 6.98. The SMILES string of the molecule is CCC1CN(C(=O)OCc2ccccc2)CC1(C)C. The van der Waals surface area contributed by atoms with Gasteiger partial charge in [-0.25, -0.2) is 4.79 Å². The van der Waals surface area contributed by atoms with E-state index in [1.54, 1.807) is 0 Å². The Morgan fingerprint density at radius 2 is 2.05 bits per heavy atom. The Kier molecular flexibility index (Phi) is 4.13. The summed E-state index contributed by atoms with van der Waals surface area (Å²) in [5.41, 5.74) is 1.22. The van der Waals surface area contributed by atoms with E-state index in [0.717, 1.165) is 25.1 Å². The zero-order chi connectivity index (χ0) is 13.9. The lowest BCUT2D eigenvalue weighted by atomic mass is 9.81. The van der Waals surface area contributed by atoms with Gasteiger partial charge in [-0.05, 0) is 16.9 Å². The molecule has 19 heavy (non-hydrogen) atoms. The van der Waals surface area contributed by atoms with E-state index in [1.807, 2.05) is 35.2 Å². The van der Waals surface area contributed by atoms with Crippen LogP contribution in [0, 0.1) is 11.3 Å². The fourth-order valence-corrected chi connectivity index (χ4v) is 2.83. The smallest absolute Gasteiger partial charge is 0.410 e. The number of amides is 1. The van der Waals surface area contributed by atoms with Crippen LogP contribution in [0.25, 0.3) is 0 Å². The first kappa shape index (κ1) is 13.9. The van der Waals surface area contributed by atoms with Crippen LogP contribution >= 0.6 is 0 Å². The van der Waals surface area contributed by atoms with Crippen LogP contribution in [0.2, 0.25) is 0 Å². The molecule has 0 aliphatic carbocycles. The largest absolute Gasteiger partial charge is 0.445 e. The number of carbonyl (C=O) groups excluding carboxylic acids is 1. The number of hydrogen-bond acceptors (Lipinski definition) is 2. The molecule has 0 saturated carbocycles. The normalized spacial score (nSPS) is 21.4. The van der Waals surface area contributed by atoms with Crippen LogP contribution in [0.4, 0.5) is 4.79 Å². The molecule has 104 valence electrons. The van der Waals surface area contributed by atoms with Gasteiger partial charge in [0.2, 0.25) is 0 Å². The molecule has 3 nitrogen and oxygen atoms in total. The topological polar surface area (TPSA) is 29.5 Å². The molecule has 1 atom stereocenters. The van der Waals surface area contributed by atoms with Crippen LogP contribution in [0.5, 0.6) is 0 Å². The summed E-state index contributed by atoms with van der Waals surface area (Å²) in [7, 11) is 0. The van der Waals surface area contributed by atoms with E-state index >= 15 is 0 Å². The van der Waals surface area contributed by atoms with Crippen LogP contribution in [0.15, 0.2) is 30.3 Å². The molecule has 1 heterocycles. The molecule has 2 rings (SSSR count). The van der Waals surface area contributed by atoms with Gasteiger partial charge in [-0.15, -0.1) is 0 Å². The van der Waals surface area contributed by atoms with Crippen molar-refractivity contribution < 1.29 is 9.53 Å². The Labute approximate surface area is 115 Å². The van der Waals surface area contributed by atoms with Gasteiger partial charge >= 0.3 is 6.09 Å². The lowest BCUT2D eigenvalue weighted by molar-refractivity contribution is 0.101. The van der Waals surface area contributed by atoms with Crippen molar-refractivity contribution in [1.29, 1.82) is 0 Å². The van der Waals surface area contributed by atoms with Crippen molar-refractivity contribution in [2.75, 3.05) is 13.1 Å². The van der Waals surface area contributed by atoms with Crippen LogP contribution in [-0.2, 0) is 11.3 Å². The molecule has 1 aromatic carbocycles. The van der Waals surface area contributed by atoms with Crippen molar-refractivity contribution in [3.63, 3.8) is 0 Å². The lowest BCUT2D eigenvalue weighted by Gasteiger charge is -2.23. The highest BCUT2D eigenvalue weighted by molar-refractivity contribution is 5.68. The zero-order valence-electron chi connectivity index (χ0n) is 12.1. The molecule has 3 heteroatoms. The Morgan fingerprint density at radius 3 is 2.63 bits per heavy atom. The summed E-state index contributed by atoms with van der Waals surface area (Å²) >= 11 is 0. The van der Waals surface area contributed by atoms with Gasteiger partial charge in [-0.1, -0.05) is 57.5 Å². The van der Waals surface area contributed by atoms with Crippen LogP contribution in [0.1, 0.15) is 32.8 Å². The van der Waals surface area contributed by atoms with E-state index in [0.29, 0.717) is 12.5 Å². The molecule has 0 aromatic heterocycles. The number of carbonyl (C=O) groups is 1. The molecule has 0 bridgehead atoms. The molecule has 1 aromatic rings. The second kappa shape index (κ2) is 5.64. The fourth-order valence-electron chi connectivity index (χ4n) is 2.83. The molecule has 1 aliphatic heterocycles. The molecule has 1 fully saturated rings. The van der Waals surface area contributed by atoms with Gasteiger partial charge in [0.25, 0.3) is 0 Å². The van der Waals surface area contributed by atoms with Crippen molar-refractivity contribution in [2.24, 2.45) is 11.3 Å². The number of benzene rings is 1. The first-order chi connectivity index (χ1) is 9.03. The van der Waals surface area contributed by atoms with Gasteiger partial charge in [0, 0.05) is 13.1 Å². The summed E-state index contributed by atoms with van der Waals surface area (Å²) in [6, 6.07) is 9.80. The van der Waals surface area contributed by atoms with Crippen molar-refractivity contribution >= 4 is 6.09 Å². The zero-order valence-corrected chi connectivity index (χ0v) is 12.1. The van der Waals surface area contributed by atoms with E-state index in [4.69, 9.17) is 4.74 Å². The second-order valence-electron chi connectivity index (χ2n) is 6.01. The summed E-state index contributed by atoms with van der Waals surface area (Å²) < 4.78 is 5.39. The van der Waals surface area contributed by atoms with Crippen LogP contribution < -0.4 is 0 Å². The molecule has 1 aliphatic rings. The van der Waals surface area contributed by atoms with Gasteiger partial charge in [-0.3, -0.25) is 0 Å². The van der Waals surface area contributed by atoms with Crippen molar-refractivity contribution in [2.45, 2.75) is 33.8 Å².